The maximum absolute atomic E-state index is 11.9. The standard InChI is InChI=1S/C15H26N2OS/c1-2-3-4-5-6-7-8-9-10-14(18)13-12-19-15(11-16)17-13/h12H,2-11,16H2,1H3. The van der Waals surface area contributed by atoms with Crippen molar-refractivity contribution >= 4 is 17.1 Å². The number of nitrogens with zero attached hydrogens (tertiary/aromatic N) is 1. The van der Waals surface area contributed by atoms with Crippen molar-refractivity contribution in [3.8, 4) is 0 Å². The molecule has 1 aromatic heterocycles. The van der Waals surface area contributed by atoms with Gasteiger partial charge in [-0.3, -0.25) is 4.79 Å². The minimum Gasteiger partial charge on any atom is -0.325 e. The second-order valence-corrected chi connectivity index (χ2v) is 5.92. The van der Waals surface area contributed by atoms with E-state index in [4.69, 9.17) is 5.73 Å². The van der Waals surface area contributed by atoms with Crippen LogP contribution in [0.2, 0.25) is 0 Å². The average molecular weight is 282 g/mol. The zero-order valence-electron chi connectivity index (χ0n) is 12.0. The van der Waals surface area contributed by atoms with Gasteiger partial charge in [0.25, 0.3) is 0 Å². The van der Waals surface area contributed by atoms with Gasteiger partial charge in [0, 0.05) is 18.3 Å². The fraction of sp³-hybridized carbons (Fsp3) is 0.733. The van der Waals surface area contributed by atoms with Gasteiger partial charge in [0.15, 0.2) is 5.78 Å². The molecule has 0 saturated carbocycles. The van der Waals surface area contributed by atoms with Gasteiger partial charge in [0.05, 0.1) is 0 Å². The van der Waals surface area contributed by atoms with Crippen molar-refractivity contribution in [2.75, 3.05) is 0 Å². The van der Waals surface area contributed by atoms with Crippen LogP contribution in [0.4, 0.5) is 0 Å². The number of aromatic nitrogens is 1. The van der Waals surface area contributed by atoms with Crippen LogP contribution in [-0.4, -0.2) is 10.8 Å². The smallest absolute Gasteiger partial charge is 0.182 e. The van der Waals surface area contributed by atoms with Crippen molar-refractivity contribution in [3.05, 3.63) is 16.1 Å². The van der Waals surface area contributed by atoms with Crippen molar-refractivity contribution < 1.29 is 4.79 Å². The van der Waals surface area contributed by atoms with Crippen molar-refractivity contribution in [1.82, 2.24) is 4.98 Å². The Morgan fingerprint density at radius 2 is 1.79 bits per heavy atom. The Hall–Kier alpha value is -0.740. The molecule has 0 atom stereocenters. The summed E-state index contributed by atoms with van der Waals surface area (Å²) in [5, 5.41) is 2.68. The Balaban J connectivity index is 2.04. The third-order valence-electron chi connectivity index (χ3n) is 3.27. The fourth-order valence-corrected chi connectivity index (χ4v) is 2.76. The molecule has 0 bridgehead atoms. The van der Waals surface area contributed by atoms with Crippen LogP contribution in [0.1, 0.15) is 80.2 Å². The van der Waals surface area contributed by atoms with Crippen molar-refractivity contribution in [2.24, 2.45) is 5.73 Å². The van der Waals surface area contributed by atoms with Crippen molar-refractivity contribution in [3.63, 3.8) is 0 Å². The topological polar surface area (TPSA) is 56.0 Å². The number of hydrogen-bond donors (Lipinski definition) is 1. The summed E-state index contributed by atoms with van der Waals surface area (Å²) in [6, 6.07) is 0. The molecular formula is C15H26N2OS. The summed E-state index contributed by atoms with van der Waals surface area (Å²) >= 11 is 1.48. The molecule has 1 rings (SSSR count). The van der Waals surface area contributed by atoms with Crippen LogP contribution in [0.25, 0.3) is 0 Å². The molecule has 0 unspecified atom stereocenters. The first-order valence-corrected chi connectivity index (χ1v) is 8.33. The van der Waals surface area contributed by atoms with Crippen molar-refractivity contribution in [2.45, 2.75) is 71.3 Å². The predicted octanol–water partition coefficient (Wildman–Crippen LogP) is 4.32. The summed E-state index contributed by atoms with van der Waals surface area (Å²) in [6.45, 7) is 2.66. The quantitative estimate of drug-likeness (QED) is 0.486. The molecule has 0 aliphatic heterocycles. The molecule has 1 heterocycles. The SMILES string of the molecule is CCCCCCCCCCC(=O)c1csc(CN)n1. The van der Waals surface area contributed by atoms with Crippen LogP contribution in [0, 0.1) is 0 Å². The Labute approximate surface area is 120 Å². The highest BCUT2D eigenvalue weighted by atomic mass is 32.1. The molecular weight excluding hydrogens is 256 g/mol. The monoisotopic (exact) mass is 282 g/mol. The molecule has 0 aromatic carbocycles. The van der Waals surface area contributed by atoms with E-state index in [1.165, 1.54) is 49.9 Å². The number of unbranched alkanes of at least 4 members (excludes halogenated alkanes) is 7. The lowest BCUT2D eigenvalue weighted by Crippen LogP contribution is -2.01. The maximum Gasteiger partial charge on any atom is 0.182 e. The van der Waals surface area contributed by atoms with E-state index in [1.807, 2.05) is 5.38 Å². The molecule has 4 heteroatoms. The first-order valence-electron chi connectivity index (χ1n) is 7.45. The summed E-state index contributed by atoms with van der Waals surface area (Å²) in [5.41, 5.74) is 6.09. The van der Waals surface area contributed by atoms with Crippen LogP contribution >= 0.6 is 11.3 Å². The Morgan fingerprint density at radius 3 is 2.37 bits per heavy atom. The van der Waals surface area contributed by atoms with Gasteiger partial charge in [0.1, 0.15) is 10.7 Å². The second-order valence-electron chi connectivity index (χ2n) is 4.98. The third kappa shape index (κ3) is 6.83. The summed E-state index contributed by atoms with van der Waals surface area (Å²) < 4.78 is 0. The van der Waals surface area contributed by atoms with Gasteiger partial charge < -0.3 is 5.73 Å². The highest BCUT2D eigenvalue weighted by Gasteiger charge is 2.09. The van der Waals surface area contributed by atoms with Gasteiger partial charge in [-0.05, 0) is 6.42 Å². The summed E-state index contributed by atoms with van der Waals surface area (Å²) in [4.78, 5) is 16.1. The van der Waals surface area contributed by atoms with E-state index in [0.717, 1.165) is 17.8 Å². The number of hydrogen-bond acceptors (Lipinski definition) is 4. The summed E-state index contributed by atoms with van der Waals surface area (Å²) in [6.07, 6.45) is 10.7. The molecule has 3 nitrogen and oxygen atoms in total. The number of ketones is 1. The van der Waals surface area contributed by atoms with E-state index in [2.05, 4.69) is 11.9 Å². The third-order valence-corrected chi connectivity index (χ3v) is 4.14. The molecule has 0 fully saturated rings. The molecule has 1 aromatic rings. The second kappa shape index (κ2) is 10.1. The van der Waals surface area contributed by atoms with E-state index in [0.29, 0.717) is 18.7 Å². The number of Topliss-reactive ketones (excluding diaryl/α,β-unsaturated/α-hetero) is 1. The lowest BCUT2D eigenvalue weighted by Gasteiger charge is -2.00. The van der Waals surface area contributed by atoms with E-state index in [-0.39, 0.29) is 5.78 Å². The number of carbonyl (C=O) groups excluding carboxylic acids is 1. The van der Waals surface area contributed by atoms with Crippen LogP contribution in [0.3, 0.4) is 0 Å². The number of rotatable bonds is 11. The van der Waals surface area contributed by atoms with E-state index < -0.39 is 0 Å². The van der Waals surface area contributed by atoms with Crippen LogP contribution in [0.15, 0.2) is 5.38 Å². The first kappa shape index (κ1) is 16.3. The van der Waals surface area contributed by atoms with E-state index in [1.54, 1.807) is 0 Å². The number of nitrogens with two attached hydrogens (primary N) is 1. The number of thiazole rings is 1. The Bertz CT molecular complexity index is 363. The minimum atomic E-state index is 0.168. The Morgan fingerprint density at radius 1 is 1.16 bits per heavy atom. The van der Waals surface area contributed by atoms with Gasteiger partial charge in [-0.2, -0.15) is 0 Å². The number of carbonyl (C=O) groups is 1. The predicted molar refractivity (Wildman–Crippen MR) is 81.6 cm³/mol. The van der Waals surface area contributed by atoms with Crippen LogP contribution in [0.5, 0.6) is 0 Å². The van der Waals surface area contributed by atoms with Crippen LogP contribution < -0.4 is 5.73 Å². The molecule has 0 aliphatic rings. The zero-order valence-corrected chi connectivity index (χ0v) is 12.8. The lowest BCUT2D eigenvalue weighted by molar-refractivity contribution is 0.0975. The molecule has 0 spiro atoms. The van der Waals surface area contributed by atoms with E-state index >= 15 is 0 Å². The summed E-state index contributed by atoms with van der Waals surface area (Å²) in [5.74, 6) is 0.168. The highest BCUT2D eigenvalue weighted by Crippen LogP contribution is 2.14. The molecule has 0 saturated heterocycles. The fourth-order valence-electron chi connectivity index (χ4n) is 2.08. The molecule has 0 radical (unpaired) electrons. The zero-order chi connectivity index (χ0) is 13.9. The molecule has 2 N–H and O–H groups in total. The molecule has 0 aliphatic carbocycles. The highest BCUT2D eigenvalue weighted by molar-refractivity contribution is 7.09. The van der Waals surface area contributed by atoms with Gasteiger partial charge in [-0.1, -0.05) is 51.9 Å². The molecule has 108 valence electrons. The largest absolute Gasteiger partial charge is 0.325 e. The molecule has 19 heavy (non-hydrogen) atoms. The van der Waals surface area contributed by atoms with Gasteiger partial charge in [-0.15, -0.1) is 11.3 Å². The van der Waals surface area contributed by atoms with Gasteiger partial charge >= 0.3 is 0 Å². The summed E-state index contributed by atoms with van der Waals surface area (Å²) in [7, 11) is 0. The van der Waals surface area contributed by atoms with Gasteiger partial charge in [-0.25, -0.2) is 4.98 Å². The average Bonchev–Trinajstić information content (AvgIpc) is 2.90. The minimum absolute atomic E-state index is 0.168. The normalized spacial score (nSPS) is 10.8. The van der Waals surface area contributed by atoms with Crippen LogP contribution in [-0.2, 0) is 6.54 Å². The maximum atomic E-state index is 11.9. The lowest BCUT2D eigenvalue weighted by atomic mass is 10.1. The van der Waals surface area contributed by atoms with Crippen molar-refractivity contribution in [1.29, 1.82) is 0 Å². The van der Waals surface area contributed by atoms with E-state index in [9.17, 15) is 4.79 Å². The Kier molecular flexibility index (Phi) is 8.67. The first-order chi connectivity index (χ1) is 9.27. The van der Waals surface area contributed by atoms with Gasteiger partial charge in [0.2, 0.25) is 0 Å². The molecule has 0 amide bonds.